The minimum atomic E-state index is -0.559. The second-order valence-corrected chi connectivity index (χ2v) is 6.26. The van der Waals surface area contributed by atoms with Crippen molar-refractivity contribution in [1.82, 2.24) is 9.97 Å². The largest absolute Gasteiger partial charge is 0.364 e. The van der Waals surface area contributed by atoms with Crippen molar-refractivity contribution in [1.29, 1.82) is 0 Å². The molecule has 3 heterocycles. The van der Waals surface area contributed by atoms with Gasteiger partial charge in [0.25, 0.3) is 5.91 Å². The third-order valence-electron chi connectivity index (χ3n) is 4.66. The Morgan fingerprint density at radius 3 is 2.40 bits per heavy atom. The molecule has 2 aliphatic rings. The summed E-state index contributed by atoms with van der Waals surface area (Å²) in [6.07, 6.45) is 1.50. The van der Waals surface area contributed by atoms with Gasteiger partial charge in [0, 0.05) is 31.5 Å². The topological polar surface area (TPSA) is 90.6 Å². The molecule has 25 heavy (non-hydrogen) atoms. The number of benzene rings is 1. The van der Waals surface area contributed by atoms with Gasteiger partial charge in [0.15, 0.2) is 5.79 Å². The SMILES string of the molecule is NC(=O)c1cc(-c2ccccc2)nc(N2CCC3(CC2)OCCO3)n1. The van der Waals surface area contributed by atoms with Crippen molar-refractivity contribution >= 4 is 11.9 Å². The molecule has 2 saturated heterocycles. The first kappa shape index (κ1) is 16.0. The number of carbonyl (C=O) groups excluding carboxylic acids is 1. The van der Waals surface area contributed by atoms with E-state index in [0.717, 1.165) is 18.4 Å². The monoisotopic (exact) mass is 340 g/mol. The Labute approximate surface area is 145 Å². The number of primary amides is 1. The molecule has 0 saturated carbocycles. The number of ether oxygens (including phenoxy) is 2. The summed E-state index contributed by atoms with van der Waals surface area (Å²) in [5, 5.41) is 0. The van der Waals surface area contributed by atoms with Gasteiger partial charge in [-0.3, -0.25) is 4.79 Å². The molecular weight excluding hydrogens is 320 g/mol. The van der Waals surface area contributed by atoms with Crippen LogP contribution < -0.4 is 10.6 Å². The molecule has 0 aliphatic carbocycles. The molecule has 7 heteroatoms. The molecular formula is C18H20N4O3. The maximum absolute atomic E-state index is 11.7. The van der Waals surface area contributed by atoms with Crippen LogP contribution in [0.4, 0.5) is 5.95 Å². The third kappa shape index (κ3) is 3.20. The van der Waals surface area contributed by atoms with Gasteiger partial charge in [-0.15, -0.1) is 0 Å². The van der Waals surface area contributed by atoms with Gasteiger partial charge in [-0.2, -0.15) is 0 Å². The Bertz CT molecular complexity index is 765. The van der Waals surface area contributed by atoms with E-state index in [1.807, 2.05) is 30.3 Å². The van der Waals surface area contributed by atoms with E-state index in [2.05, 4.69) is 14.9 Å². The van der Waals surface area contributed by atoms with E-state index in [9.17, 15) is 4.79 Å². The van der Waals surface area contributed by atoms with Crippen molar-refractivity contribution in [3.05, 3.63) is 42.1 Å². The van der Waals surface area contributed by atoms with E-state index < -0.39 is 11.7 Å². The average molecular weight is 340 g/mol. The predicted octanol–water partition coefficient (Wildman–Crippen LogP) is 1.59. The van der Waals surface area contributed by atoms with E-state index in [1.165, 1.54) is 0 Å². The summed E-state index contributed by atoms with van der Waals surface area (Å²) in [6.45, 7) is 2.70. The molecule has 0 radical (unpaired) electrons. The number of hydrogen-bond acceptors (Lipinski definition) is 6. The maximum atomic E-state index is 11.7. The van der Waals surface area contributed by atoms with Crippen LogP contribution >= 0.6 is 0 Å². The van der Waals surface area contributed by atoms with Crippen LogP contribution in [-0.2, 0) is 9.47 Å². The number of rotatable bonds is 3. The van der Waals surface area contributed by atoms with Gasteiger partial charge in [0.1, 0.15) is 5.69 Å². The maximum Gasteiger partial charge on any atom is 0.267 e. The number of carbonyl (C=O) groups is 1. The molecule has 1 aromatic heterocycles. The predicted molar refractivity (Wildman–Crippen MR) is 92.1 cm³/mol. The number of amides is 1. The van der Waals surface area contributed by atoms with E-state index in [4.69, 9.17) is 15.2 Å². The van der Waals surface area contributed by atoms with E-state index in [1.54, 1.807) is 6.07 Å². The highest BCUT2D eigenvalue weighted by atomic mass is 16.7. The standard InChI is InChI=1S/C18H20N4O3/c19-16(23)15-12-14(13-4-2-1-3-5-13)20-17(21-15)22-8-6-18(7-9-22)24-10-11-25-18/h1-5,12H,6-11H2,(H2,19,23). The molecule has 2 aromatic rings. The van der Waals surface area contributed by atoms with Crippen LogP contribution in [0.25, 0.3) is 11.3 Å². The van der Waals surface area contributed by atoms with Crippen molar-refractivity contribution in [3.8, 4) is 11.3 Å². The van der Waals surface area contributed by atoms with Gasteiger partial charge >= 0.3 is 0 Å². The summed E-state index contributed by atoms with van der Waals surface area (Å²) in [7, 11) is 0. The normalized spacial score (nSPS) is 19.3. The van der Waals surface area contributed by atoms with Crippen LogP contribution in [0.1, 0.15) is 23.3 Å². The lowest BCUT2D eigenvalue weighted by molar-refractivity contribution is -0.169. The van der Waals surface area contributed by atoms with Crippen molar-refractivity contribution in [2.45, 2.75) is 18.6 Å². The number of piperidine rings is 1. The molecule has 1 spiro atoms. The first-order valence-electron chi connectivity index (χ1n) is 8.42. The van der Waals surface area contributed by atoms with Crippen LogP contribution in [0.3, 0.4) is 0 Å². The molecule has 1 aromatic carbocycles. The highest BCUT2D eigenvalue weighted by molar-refractivity contribution is 5.92. The minimum Gasteiger partial charge on any atom is -0.364 e. The Morgan fingerprint density at radius 2 is 1.76 bits per heavy atom. The van der Waals surface area contributed by atoms with Crippen molar-refractivity contribution in [3.63, 3.8) is 0 Å². The molecule has 2 aliphatic heterocycles. The van der Waals surface area contributed by atoms with Gasteiger partial charge < -0.3 is 20.1 Å². The molecule has 0 bridgehead atoms. The molecule has 0 atom stereocenters. The lowest BCUT2D eigenvalue weighted by atomic mass is 10.0. The van der Waals surface area contributed by atoms with Crippen LogP contribution in [0.2, 0.25) is 0 Å². The van der Waals surface area contributed by atoms with Crippen LogP contribution in [-0.4, -0.2) is 48.0 Å². The lowest BCUT2D eigenvalue weighted by Crippen LogP contribution is -2.45. The second-order valence-electron chi connectivity index (χ2n) is 6.26. The Hall–Kier alpha value is -2.51. The molecule has 2 N–H and O–H groups in total. The zero-order valence-electron chi connectivity index (χ0n) is 13.9. The minimum absolute atomic E-state index is 0.220. The molecule has 1 amide bonds. The number of aromatic nitrogens is 2. The summed E-state index contributed by atoms with van der Waals surface area (Å²) in [4.78, 5) is 22.8. The smallest absolute Gasteiger partial charge is 0.267 e. The van der Waals surface area contributed by atoms with E-state index >= 15 is 0 Å². The third-order valence-corrected chi connectivity index (χ3v) is 4.66. The Balaban J connectivity index is 1.63. The number of hydrogen-bond donors (Lipinski definition) is 1. The summed E-state index contributed by atoms with van der Waals surface area (Å²) < 4.78 is 11.5. The van der Waals surface area contributed by atoms with Gasteiger partial charge in [-0.05, 0) is 6.07 Å². The fourth-order valence-corrected chi connectivity index (χ4v) is 3.29. The Kier molecular flexibility index (Phi) is 4.10. The van der Waals surface area contributed by atoms with Gasteiger partial charge in [0.05, 0.1) is 18.9 Å². The number of nitrogens with zero attached hydrogens (tertiary/aromatic N) is 3. The van der Waals surface area contributed by atoms with E-state index in [-0.39, 0.29) is 5.69 Å². The van der Waals surface area contributed by atoms with Crippen LogP contribution in [0.5, 0.6) is 0 Å². The van der Waals surface area contributed by atoms with Crippen LogP contribution in [0, 0.1) is 0 Å². The quantitative estimate of drug-likeness (QED) is 0.912. The molecule has 4 rings (SSSR count). The first-order valence-corrected chi connectivity index (χ1v) is 8.42. The molecule has 7 nitrogen and oxygen atoms in total. The second kappa shape index (κ2) is 6.42. The van der Waals surface area contributed by atoms with Crippen molar-refractivity contribution in [2.75, 3.05) is 31.2 Å². The summed E-state index contributed by atoms with van der Waals surface area (Å²) >= 11 is 0. The number of nitrogens with two attached hydrogens (primary N) is 1. The first-order chi connectivity index (χ1) is 12.2. The zero-order chi connectivity index (χ0) is 17.3. The van der Waals surface area contributed by atoms with Crippen molar-refractivity contribution < 1.29 is 14.3 Å². The number of anilines is 1. The molecule has 0 unspecified atom stereocenters. The fourth-order valence-electron chi connectivity index (χ4n) is 3.29. The fraction of sp³-hybridized carbons (Fsp3) is 0.389. The summed E-state index contributed by atoms with van der Waals surface area (Å²) in [5.41, 5.74) is 7.29. The highest BCUT2D eigenvalue weighted by Gasteiger charge is 2.40. The van der Waals surface area contributed by atoms with Crippen LogP contribution in [0.15, 0.2) is 36.4 Å². The average Bonchev–Trinajstić information content (AvgIpc) is 3.10. The highest BCUT2D eigenvalue weighted by Crippen LogP contribution is 2.32. The Morgan fingerprint density at radius 1 is 1.08 bits per heavy atom. The molecule has 130 valence electrons. The van der Waals surface area contributed by atoms with Gasteiger partial charge in [-0.25, -0.2) is 9.97 Å². The zero-order valence-corrected chi connectivity index (χ0v) is 13.9. The van der Waals surface area contributed by atoms with Gasteiger partial charge in [0.2, 0.25) is 5.95 Å². The summed E-state index contributed by atoms with van der Waals surface area (Å²) in [6, 6.07) is 11.3. The van der Waals surface area contributed by atoms with E-state index in [0.29, 0.717) is 37.9 Å². The van der Waals surface area contributed by atoms with Crippen molar-refractivity contribution in [2.24, 2.45) is 5.73 Å². The lowest BCUT2D eigenvalue weighted by Gasteiger charge is -2.37. The summed E-state index contributed by atoms with van der Waals surface area (Å²) in [5.74, 6) is -0.500. The molecule has 2 fully saturated rings. The van der Waals surface area contributed by atoms with Gasteiger partial charge in [-0.1, -0.05) is 30.3 Å².